The molecule has 0 atom stereocenters. The Kier molecular flexibility index (Phi) is 3.53. The fourth-order valence-corrected chi connectivity index (χ4v) is 2.50. The molecule has 21 heavy (non-hydrogen) atoms. The van der Waals surface area contributed by atoms with Gasteiger partial charge in [0.1, 0.15) is 0 Å². The van der Waals surface area contributed by atoms with Crippen LogP contribution in [0.5, 0.6) is 0 Å². The second-order valence-corrected chi connectivity index (χ2v) is 5.50. The molecule has 2 heterocycles. The van der Waals surface area contributed by atoms with Gasteiger partial charge < -0.3 is 0 Å². The summed E-state index contributed by atoms with van der Waals surface area (Å²) in [6.45, 7) is 6.20. The molecule has 2 nitrogen and oxygen atoms in total. The van der Waals surface area contributed by atoms with Gasteiger partial charge in [0.05, 0.1) is 5.69 Å². The zero-order valence-corrected chi connectivity index (χ0v) is 12.6. The topological polar surface area (TPSA) is 25.8 Å². The number of aryl methyl sites for hydroxylation is 3. The predicted octanol–water partition coefficient (Wildman–Crippen LogP) is 4.74. The van der Waals surface area contributed by atoms with E-state index in [1.165, 1.54) is 16.7 Å². The van der Waals surface area contributed by atoms with Crippen LogP contribution in [0.4, 0.5) is 0 Å². The lowest BCUT2D eigenvalue weighted by atomic mass is 10.0. The summed E-state index contributed by atoms with van der Waals surface area (Å²) in [6, 6.07) is 14.9. The lowest BCUT2D eigenvalue weighted by Gasteiger charge is -2.08. The molecule has 0 unspecified atom stereocenters. The van der Waals surface area contributed by atoms with E-state index in [-0.39, 0.29) is 0 Å². The quantitative estimate of drug-likeness (QED) is 0.674. The molecule has 3 rings (SSSR count). The van der Waals surface area contributed by atoms with Gasteiger partial charge in [-0.05, 0) is 55.7 Å². The van der Waals surface area contributed by atoms with Crippen LogP contribution >= 0.6 is 0 Å². The summed E-state index contributed by atoms with van der Waals surface area (Å²) in [4.78, 5) is 8.92. The molecule has 0 N–H and O–H groups in total. The minimum atomic E-state index is 0.975. The average molecular weight is 274 g/mol. The lowest BCUT2D eigenvalue weighted by molar-refractivity contribution is 1.19. The van der Waals surface area contributed by atoms with Crippen LogP contribution in [-0.2, 0) is 0 Å². The predicted molar refractivity (Wildman–Crippen MR) is 87.1 cm³/mol. The van der Waals surface area contributed by atoms with Gasteiger partial charge in [-0.3, -0.25) is 9.97 Å². The van der Waals surface area contributed by atoms with Crippen molar-refractivity contribution in [3.8, 4) is 22.4 Å². The van der Waals surface area contributed by atoms with Gasteiger partial charge >= 0.3 is 0 Å². The Labute approximate surface area is 125 Å². The summed E-state index contributed by atoms with van der Waals surface area (Å²) in [5, 5.41) is 0. The van der Waals surface area contributed by atoms with E-state index in [1.54, 1.807) is 0 Å². The molecule has 0 aliphatic rings. The number of hydrogen-bond acceptors (Lipinski definition) is 2. The molecule has 0 radical (unpaired) electrons. The van der Waals surface area contributed by atoms with Crippen molar-refractivity contribution >= 4 is 0 Å². The summed E-state index contributed by atoms with van der Waals surface area (Å²) in [5.74, 6) is 0. The van der Waals surface area contributed by atoms with E-state index in [1.807, 2.05) is 26.2 Å². The largest absolute Gasteiger partial charge is 0.264 e. The van der Waals surface area contributed by atoms with Crippen molar-refractivity contribution in [2.24, 2.45) is 0 Å². The molecule has 0 aliphatic carbocycles. The van der Waals surface area contributed by atoms with E-state index in [2.05, 4.69) is 59.4 Å². The summed E-state index contributed by atoms with van der Waals surface area (Å²) in [5.41, 5.74) is 7.89. The molecule has 104 valence electrons. The zero-order valence-electron chi connectivity index (χ0n) is 12.6. The Balaban J connectivity index is 2.12. The number of rotatable bonds is 2. The number of nitrogens with zero attached hydrogens (tertiary/aromatic N) is 2. The molecule has 0 saturated carbocycles. The molecule has 0 amide bonds. The number of benzene rings is 1. The van der Waals surface area contributed by atoms with Gasteiger partial charge in [-0.15, -0.1) is 0 Å². The zero-order chi connectivity index (χ0) is 14.8. The Hall–Kier alpha value is -2.48. The Bertz CT molecular complexity index is 727. The van der Waals surface area contributed by atoms with E-state index < -0.39 is 0 Å². The first-order valence-corrected chi connectivity index (χ1v) is 7.09. The number of aromatic nitrogens is 2. The molecule has 3 aromatic rings. The van der Waals surface area contributed by atoms with Crippen LogP contribution in [0.3, 0.4) is 0 Å². The van der Waals surface area contributed by atoms with Gasteiger partial charge in [-0.25, -0.2) is 0 Å². The number of pyridine rings is 2. The first kappa shape index (κ1) is 13.5. The monoisotopic (exact) mass is 274 g/mol. The maximum Gasteiger partial charge on any atom is 0.0726 e. The highest BCUT2D eigenvalue weighted by Crippen LogP contribution is 2.26. The second-order valence-electron chi connectivity index (χ2n) is 5.50. The van der Waals surface area contributed by atoms with Crippen molar-refractivity contribution in [1.82, 2.24) is 9.97 Å². The Morgan fingerprint density at radius 3 is 2.29 bits per heavy atom. The van der Waals surface area contributed by atoms with Crippen LogP contribution in [0.15, 0.2) is 54.9 Å². The first-order chi connectivity index (χ1) is 10.1. The van der Waals surface area contributed by atoms with Crippen LogP contribution in [0, 0.1) is 20.8 Å². The molecular formula is C19H18N2. The van der Waals surface area contributed by atoms with Crippen molar-refractivity contribution in [2.75, 3.05) is 0 Å². The van der Waals surface area contributed by atoms with Crippen LogP contribution in [-0.4, -0.2) is 9.97 Å². The molecule has 0 fully saturated rings. The van der Waals surface area contributed by atoms with Crippen LogP contribution in [0.1, 0.15) is 16.8 Å². The average Bonchev–Trinajstić information content (AvgIpc) is 2.46. The number of hydrogen-bond donors (Lipinski definition) is 0. The van der Waals surface area contributed by atoms with E-state index >= 15 is 0 Å². The lowest BCUT2D eigenvalue weighted by Crippen LogP contribution is -1.91. The van der Waals surface area contributed by atoms with Crippen molar-refractivity contribution in [3.05, 3.63) is 71.7 Å². The smallest absolute Gasteiger partial charge is 0.0726 e. The molecule has 1 aromatic carbocycles. The van der Waals surface area contributed by atoms with Gasteiger partial charge in [-0.1, -0.05) is 29.8 Å². The van der Waals surface area contributed by atoms with E-state index in [4.69, 9.17) is 0 Å². The molecule has 2 heteroatoms. The summed E-state index contributed by atoms with van der Waals surface area (Å²) in [7, 11) is 0. The molecule has 0 bridgehead atoms. The van der Waals surface area contributed by atoms with Crippen LogP contribution in [0.2, 0.25) is 0 Å². The van der Waals surface area contributed by atoms with E-state index in [9.17, 15) is 0 Å². The molecule has 0 aliphatic heterocycles. The van der Waals surface area contributed by atoms with Crippen LogP contribution in [0.25, 0.3) is 22.4 Å². The highest BCUT2D eigenvalue weighted by molar-refractivity contribution is 5.71. The Morgan fingerprint density at radius 1 is 0.714 bits per heavy atom. The third-order valence-electron chi connectivity index (χ3n) is 3.48. The Morgan fingerprint density at radius 2 is 1.52 bits per heavy atom. The molecular weight excluding hydrogens is 256 g/mol. The fourth-order valence-electron chi connectivity index (χ4n) is 2.50. The molecule has 2 aromatic heterocycles. The van der Waals surface area contributed by atoms with Crippen molar-refractivity contribution in [2.45, 2.75) is 20.8 Å². The third kappa shape index (κ3) is 3.00. The standard InChI is InChI=1S/C19H18N2/c1-13-5-4-6-16(7-13)17-9-15(3)21-19(10-17)18-8-14(2)11-20-12-18/h4-12H,1-3H3. The van der Waals surface area contributed by atoms with Crippen molar-refractivity contribution in [3.63, 3.8) is 0 Å². The minimum absolute atomic E-state index is 0.975. The third-order valence-corrected chi connectivity index (χ3v) is 3.48. The van der Waals surface area contributed by atoms with Crippen LogP contribution < -0.4 is 0 Å². The fraction of sp³-hybridized carbons (Fsp3) is 0.158. The maximum absolute atomic E-state index is 4.65. The normalized spacial score (nSPS) is 10.6. The molecule has 0 spiro atoms. The minimum Gasteiger partial charge on any atom is -0.264 e. The SMILES string of the molecule is Cc1cccc(-c2cc(C)nc(-c3cncc(C)c3)c2)c1. The van der Waals surface area contributed by atoms with Gasteiger partial charge in [0, 0.05) is 23.7 Å². The highest BCUT2D eigenvalue weighted by atomic mass is 14.7. The van der Waals surface area contributed by atoms with Gasteiger partial charge in [-0.2, -0.15) is 0 Å². The highest BCUT2D eigenvalue weighted by Gasteiger charge is 2.06. The maximum atomic E-state index is 4.65. The van der Waals surface area contributed by atoms with Gasteiger partial charge in [0.15, 0.2) is 0 Å². The van der Waals surface area contributed by atoms with Gasteiger partial charge in [0.25, 0.3) is 0 Å². The second kappa shape index (κ2) is 5.49. The summed E-state index contributed by atoms with van der Waals surface area (Å²) >= 11 is 0. The van der Waals surface area contributed by atoms with Gasteiger partial charge in [0.2, 0.25) is 0 Å². The van der Waals surface area contributed by atoms with E-state index in [0.29, 0.717) is 0 Å². The summed E-state index contributed by atoms with van der Waals surface area (Å²) in [6.07, 6.45) is 3.73. The first-order valence-electron chi connectivity index (χ1n) is 7.09. The van der Waals surface area contributed by atoms with E-state index in [0.717, 1.165) is 22.5 Å². The van der Waals surface area contributed by atoms with Crippen molar-refractivity contribution in [1.29, 1.82) is 0 Å². The summed E-state index contributed by atoms with van der Waals surface area (Å²) < 4.78 is 0. The van der Waals surface area contributed by atoms with Crippen molar-refractivity contribution < 1.29 is 0 Å². The molecule has 0 saturated heterocycles.